The van der Waals surface area contributed by atoms with Crippen LogP contribution >= 0.6 is 0 Å². The first-order valence-electron chi connectivity index (χ1n) is 4.22. The molecule has 0 aliphatic heterocycles. The van der Waals surface area contributed by atoms with Crippen molar-refractivity contribution in [2.45, 2.75) is 27.2 Å². The Hall–Kier alpha value is -0.720. The van der Waals surface area contributed by atoms with Gasteiger partial charge in [-0.3, -0.25) is 0 Å². The highest BCUT2D eigenvalue weighted by Crippen LogP contribution is 2.16. The van der Waals surface area contributed by atoms with Crippen LogP contribution in [0.3, 0.4) is 0 Å². The van der Waals surface area contributed by atoms with Gasteiger partial charge in [0.1, 0.15) is 5.76 Å². The molecule has 1 heteroatoms. The van der Waals surface area contributed by atoms with E-state index in [0.717, 1.165) is 18.1 Å². The minimum Gasteiger partial charge on any atom is -0.469 e. The largest absolute Gasteiger partial charge is 0.469 e. The van der Waals surface area contributed by atoms with E-state index in [0.29, 0.717) is 5.92 Å². The first-order chi connectivity index (χ1) is 5.20. The van der Waals surface area contributed by atoms with Crippen LogP contribution in [-0.4, -0.2) is 0 Å². The Kier molecular flexibility index (Phi) is 2.75. The zero-order valence-electron chi connectivity index (χ0n) is 7.50. The minimum atomic E-state index is 0.709. The molecule has 0 fully saturated rings. The lowest BCUT2D eigenvalue weighted by atomic mass is 9.94. The molecule has 1 rings (SSSR count). The van der Waals surface area contributed by atoms with Gasteiger partial charge < -0.3 is 4.42 Å². The summed E-state index contributed by atoms with van der Waals surface area (Å²) in [4.78, 5) is 0. The molecule has 1 nitrogen and oxygen atoms in total. The smallest absolute Gasteiger partial charge is 0.104 e. The zero-order chi connectivity index (χ0) is 8.27. The van der Waals surface area contributed by atoms with Crippen molar-refractivity contribution in [1.29, 1.82) is 0 Å². The fourth-order valence-corrected chi connectivity index (χ4v) is 0.982. The molecule has 0 saturated carbocycles. The van der Waals surface area contributed by atoms with Gasteiger partial charge in [0, 0.05) is 6.42 Å². The first-order valence-corrected chi connectivity index (χ1v) is 4.22. The van der Waals surface area contributed by atoms with Crippen LogP contribution in [0, 0.1) is 11.8 Å². The van der Waals surface area contributed by atoms with Crippen LogP contribution in [0.1, 0.15) is 26.5 Å². The van der Waals surface area contributed by atoms with Gasteiger partial charge in [-0.05, 0) is 24.0 Å². The standard InChI is InChI=1S/C10H16O/c1-8(2)9(3)7-10-5-4-6-11-10/h4-6,8-9H,7H2,1-3H3. The van der Waals surface area contributed by atoms with Crippen molar-refractivity contribution in [3.05, 3.63) is 24.2 Å². The number of rotatable bonds is 3. The van der Waals surface area contributed by atoms with Crippen molar-refractivity contribution in [3.8, 4) is 0 Å². The van der Waals surface area contributed by atoms with E-state index in [4.69, 9.17) is 4.42 Å². The third-order valence-corrected chi connectivity index (χ3v) is 2.24. The average Bonchev–Trinajstić information content (AvgIpc) is 2.39. The van der Waals surface area contributed by atoms with E-state index < -0.39 is 0 Å². The van der Waals surface area contributed by atoms with E-state index in [1.165, 1.54) is 0 Å². The van der Waals surface area contributed by atoms with Gasteiger partial charge in [0.2, 0.25) is 0 Å². The van der Waals surface area contributed by atoms with Gasteiger partial charge in [-0.25, -0.2) is 0 Å². The van der Waals surface area contributed by atoms with E-state index >= 15 is 0 Å². The summed E-state index contributed by atoms with van der Waals surface area (Å²) >= 11 is 0. The number of furan rings is 1. The zero-order valence-corrected chi connectivity index (χ0v) is 7.50. The molecule has 0 radical (unpaired) electrons. The van der Waals surface area contributed by atoms with E-state index in [1.807, 2.05) is 12.1 Å². The second kappa shape index (κ2) is 3.61. The summed E-state index contributed by atoms with van der Waals surface area (Å²) < 4.78 is 5.25. The fourth-order valence-electron chi connectivity index (χ4n) is 0.982. The molecule has 62 valence electrons. The number of hydrogen-bond donors (Lipinski definition) is 0. The third-order valence-electron chi connectivity index (χ3n) is 2.24. The molecule has 11 heavy (non-hydrogen) atoms. The lowest BCUT2D eigenvalue weighted by Crippen LogP contribution is -2.06. The van der Waals surface area contributed by atoms with Crippen LogP contribution in [0.15, 0.2) is 22.8 Å². The summed E-state index contributed by atoms with van der Waals surface area (Å²) in [5.41, 5.74) is 0. The molecule has 0 spiro atoms. The maximum Gasteiger partial charge on any atom is 0.104 e. The SMILES string of the molecule is CC(C)C(C)Cc1ccco1. The van der Waals surface area contributed by atoms with Gasteiger partial charge in [0.25, 0.3) is 0 Å². The quantitative estimate of drug-likeness (QED) is 0.648. The van der Waals surface area contributed by atoms with Crippen LogP contribution in [-0.2, 0) is 6.42 Å². The average molecular weight is 152 g/mol. The Morgan fingerprint density at radius 3 is 2.55 bits per heavy atom. The highest BCUT2D eigenvalue weighted by Gasteiger charge is 2.08. The predicted octanol–water partition coefficient (Wildman–Crippen LogP) is 3.11. The second-order valence-electron chi connectivity index (χ2n) is 3.50. The normalized spacial score (nSPS) is 13.8. The highest BCUT2D eigenvalue weighted by molar-refractivity contribution is 4.98. The van der Waals surface area contributed by atoms with Crippen molar-refractivity contribution in [1.82, 2.24) is 0 Å². The van der Waals surface area contributed by atoms with Crippen molar-refractivity contribution < 1.29 is 4.42 Å². The van der Waals surface area contributed by atoms with Crippen molar-refractivity contribution in [2.75, 3.05) is 0 Å². The number of hydrogen-bond acceptors (Lipinski definition) is 1. The molecular weight excluding hydrogens is 136 g/mol. The van der Waals surface area contributed by atoms with Crippen molar-refractivity contribution in [2.24, 2.45) is 11.8 Å². The van der Waals surface area contributed by atoms with E-state index in [9.17, 15) is 0 Å². The molecule has 0 amide bonds. The predicted molar refractivity (Wildman–Crippen MR) is 46.4 cm³/mol. The minimum absolute atomic E-state index is 0.709. The molecule has 0 N–H and O–H groups in total. The van der Waals surface area contributed by atoms with Crippen molar-refractivity contribution >= 4 is 0 Å². The topological polar surface area (TPSA) is 13.1 Å². The van der Waals surface area contributed by atoms with E-state index in [1.54, 1.807) is 6.26 Å². The molecule has 0 saturated heterocycles. The van der Waals surface area contributed by atoms with E-state index in [-0.39, 0.29) is 0 Å². The second-order valence-corrected chi connectivity index (χ2v) is 3.50. The molecule has 0 aliphatic rings. The summed E-state index contributed by atoms with van der Waals surface area (Å²) in [6.45, 7) is 6.74. The highest BCUT2D eigenvalue weighted by atomic mass is 16.3. The van der Waals surface area contributed by atoms with Crippen molar-refractivity contribution in [3.63, 3.8) is 0 Å². The van der Waals surface area contributed by atoms with Gasteiger partial charge >= 0.3 is 0 Å². The fraction of sp³-hybridized carbons (Fsp3) is 0.600. The summed E-state index contributed by atoms with van der Waals surface area (Å²) in [6, 6.07) is 3.99. The van der Waals surface area contributed by atoms with Gasteiger partial charge in [-0.1, -0.05) is 20.8 Å². The van der Waals surface area contributed by atoms with Crippen LogP contribution in [0.5, 0.6) is 0 Å². The molecule has 1 aromatic rings. The van der Waals surface area contributed by atoms with Gasteiger partial charge in [0.15, 0.2) is 0 Å². The lowest BCUT2D eigenvalue weighted by molar-refractivity contribution is 0.377. The molecule has 0 aliphatic carbocycles. The summed E-state index contributed by atoms with van der Waals surface area (Å²) in [5.74, 6) is 2.55. The Morgan fingerprint density at radius 2 is 2.09 bits per heavy atom. The maximum atomic E-state index is 5.25. The lowest BCUT2D eigenvalue weighted by Gasteiger charge is -2.12. The van der Waals surface area contributed by atoms with Gasteiger partial charge in [-0.2, -0.15) is 0 Å². The van der Waals surface area contributed by atoms with Crippen LogP contribution in [0.25, 0.3) is 0 Å². The molecule has 1 aromatic heterocycles. The Morgan fingerprint density at radius 1 is 1.36 bits per heavy atom. The van der Waals surface area contributed by atoms with Gasteiger partial charge in [-0.15, -0.1) is 0 Å². The van der Waals surface area contributed by atoms with Gasteiger partial charge in [0.05, 0.1) is 6.26 Å². The van der Waals surface area contributed by atoms with Crippen LogP contribution < -0.4 is 0 Å². The third kappa shape index (κ3) is 2.41. The molecule has 0 aromatic carbocycles. The van der Waals surface area contributed by atoms with Crippen LogP contribution in [0.4, 0.5) is 0 Å². The van der Waals surface area contributed by atoms with Crippen LogP contribution in [0.2, 0.25) is 0 Å². The Balaban J connectivity index is 2.43. The molecule has 1 heterocycles. The van der Waals surface area contributed by atoms with E-state index in [2.05, 4.69) is 20.8 Å². The maximum absolute atomic E-state index is 5.25. The molecular formula is C10H16O. The monoisotopic (exact) mass is 152 g/mol. The molecule has 1 atom stereocenters. The summed E-state index contributed by atoms with van der Waals surface area (Å²) in [6.07, 6.45) is 2.80. The first kappa shape index (κ1) is 8.38. The molecule has 1 unspecified atom stereocenters. The Bertz CT molecular complexity index is 187. The summed E-state index contributed by atoms with van der Waals surface area (Å²) in [5, 5.41) is 0. The molecule has 0 bridgehead atoms. The Labute approximate surface area is 68.4 Å². The summed E-state index contributed by atoms with van der Waals surface area (Å²) in [7, 11) is 0.